The molecule has 3 nitrogen and oxygen atoms in total. The molecule has 0 atom stereocenters. The minimum absolute atomic E-state index is 0.639. The summed E-state index contributed by atoms with van der Waals surface area (Å²) in [6.07, 6.45) is 1.71. The molecule has 112 valence electrons. The minimum atomic E-state index is 0.639. The molecule has 0 saturated heterocycles. The van der Waals surface area contributed by atoms with Crippen LogP contribution in [-0.2, 0) is 13.1 Å². The summed E-state index contributed by atoms with van der Waals surface area (Å²) in [7, 11) is 0. The lowest BCUT2D eigenvalue weighted by Crippen LogP contribution is -2.13. The Bertz CT molecular complexity index is 767. The predicted molar refractivity (Wildman–Crippen MR) is 91.4 cm³/mol. The number of aromatic nitrogens is 1. The molecule has 1 N–H and O–H groups in total. The second-order valence-electron chi connectivity index (χ2n) is 5.15. The standard InChI is InChI=1S/C18H17BrN2O/c1-13-6-2-3-7-14(13)10-20-11-15-12-22-18(21-15)16-8-4-5-9-17(16)19/h2-9,12,20H,10-11H2,1H3. The van der Waals surface area contributed by atoms with Crippen LogP contribution in [0.15, 0.2) is 63.7 Å². The Balaban J connectivity index is 1.63. The van der Waals surface area contributed by atoms with Crippen molar-refractivity contribution < 1.29 is 4.42 Å². The monoisotopic (exact) mass is 356 g/mol. The molecule has 22 heavy (non-hydrogen) atoms. The van der Waals surface area contributed by atoms with Crippen molar-refractivity contribution in [3.63, 3.8) is 0 Å². The fourth-order valence-electron chi connectivity index (χ4n) is 2.28. The number of halogens is 1. The Kier molecular flexibility index (Phi) is 4.71. The Hall–Kier alpha value is -1.91. The molecule has 3 aromatic rings. The van der Waals surface area contributed by atoms with Crippen molar-refractivity contribution in [2.45, 2.75) is 20.0 Å². The van der Waals surface area contributed by atoms with E-state index in [2.05, 4.69) is 57.4 Å². The number of oxazole rings is 1. The molecule has 3 rings (SSSR count). The fraction of sp³-hybridized carbons (Fsp3) is 0.167. The Morgan fingerprint density at radius 3 is 2.64 bits per heavy atom. The SMILES string of the molecule is Cc1ccccc1CNCc1coc(-c2ccccc2Br)n1. The van der Waals surface area contributed by atoms with E-state index in [0.717, 1.165) is 22.3 Å². The van der Waals surface area contributed by atoms with Crippen LogP contribution < -0.4 is 5.32 Å². The largest absolute Gasteiger partial charge is 0.444 e. The lowest BCUT2D eigenvalue weighted by atomic mass is 10.1. The van der Waals surface area contributed by atoms with Crippen molar-refractivity contribution in [2.24, 2.45) is 0 Å². The molecule has 4 heteroatoms. The molecule has 1 aromatic heterocycles. The van der Waals surface area contributed by atoms with Gasteiger partial charge in [-0.15, -0.1) is 0 Å². The molecule has 2 aromatic carbocycles. The second kappa shape index (κ2) is 6.90. The van der Waals surface area contributed by atoms with E-state index in [4.69, 9.17) is 4.42 Å². The van der Waals surface area contributed by atoms with E-state index in [1.165, 1.54) is 11.1 Å². The van der Waals surface area contributed by atoms with E-state index in [-0.39, 0.29) is 0 Å². The van der Waals surface area contributed by atoms with Crippen molar-refractivity contribution in [2.75, 3.05) is 0 Å². The van der Waals surface area contributed by atoms with Gasteiger partial charge in [0.1, 0.15) is 6.26 Å². The summed E-state index contributed by atoms with van der Waals surface area (Å²) in [6, 6.07) is 16.3. The predicted octanol–water partition coefficient (Wildman–Crippen LogP) is 4.70. The summed E-state index contributed by atoms with van der Waals surface area (Å²) >= 11 is 3.52. The van der Waals surface area contributed by atoms with Gasteiger partial charge in [0.2, 0.25) is 5.89 Å². The average Bonchev–Trinajstić information content (AvgIpc) is 2.98. The van der Waals surface area contributed by atoms with Crippen LogP contribution in [0.4, 0.5) is 0 Å². The third-order valence-corrected chi connectivity index (χ3v) is 4.23. The summed E-state index contributed by atoms with van der Waals surface area (Å²) in [5.41, 5.74) is 4.47. The summed E-state index contributed by atoms with van der Waals surface area (Å²) in [6.45, 7) is 3.63. The maximum Gasteiger partial charge on any atom is 0.227 e. The number of nitrogens with zero attached hydrogens (tertiary/aromatic N) is 1. The smallest absolute Gasteiger partial charge is 0.227 e. The molecule has 0 aliphatic rings. The maximum atomic E-state index is 5.58. The van der Waals surface area contributed by atoms with Crippen LogP contribution in [0.5, 0.6) is 0 Å². The molecule has 0 unspecified atom stereocenters. The summed E-state index contributed by atoms with van der Waals surface area (Å²) in [5, 5.41) is 3.40. The first-order valence-corrected chi connectivity index (χ1v) is 7.98. The highest BCUT2D eigenvalue weighted by Gasteiger charge is 2.09. The fourth-order valence-corrected chi connectivity index (χ4v) is 2.73. The maximum absolute atomic E-state index is 5.58. The van der Waals surface area contributed by atoms with E-state index in [0.29, 0.717) is 12.4 Å². The van der Waals surface area contributed by atoms with Crippen molar-refractivity contribution in [1.29, 1.82) is 0 Å². The van der Waals surface area contributed by atoms with E-state index >= 15 is 0 Å². The summed E-state index contributed by atoms with van der Waals surface area (Å²) < 4.78 is 6.56. The van der Waals surface area contributed by atoms with Gasteiger partial charge in [-0.25, -0.2) is 4.98 Å². The van der Waals surface area contributed by atoms with E-state index in [9.17, 15) is 0 Å². The molecule has 0 amide bonds. The highest BCUT2D eigenvalue weighted by Crippen LogP contribution is 2.27. The molecule has 0 fully saturated rings. The van der Waals surface area contributed by atoms with Gasteiger partial charge in [0.25, 0.3) is 0 Å². The first-order valence-electron chi connectivity index (χ1n) is 7.18. The van der Waals surface area contributed by atoms with Gasteiger partial charge in [-0.2, -0.15) is 0 Å². The van der Waals surface area contributed by atoms with Crippen LogP contribution in [0.1, 0.15) is 16.8 Å². The van der Waals surface area contributed by atoms with Gasteiger partial charge < -0.3 is 9.73 Å². The number of nitrogens with one attached hydrogen (secondary N) is 1. The third-order valence-electron chi connectivity index (χ3n) is 3.54. The molecular formula is C18H17BrN2O. The quantitative estimate of drug-likeness (QED) is 0.719. The number of hydrogen-bond donors (Lipinski definition) is 1. The molecule has 1 heterocycles. The molecule has 0 aliphatic heterocycles. The highest BCUT2D eigenvalue weighted by molar-refractivity contribution is 9.10. The van der Waals surface area contributed by atoms with E-state index < -0.39 is 0 Å². The normalized spacial score (nSPS) is 10.8. The lowest BCUT2D eigenvalue weighted by Gasteiger charge is -2.05. The number of rotatable bonds is 5. The molecular weight excluding hydrogens is 340 g/mol. The Labute approximate surface area is 138 Å². The number of aryl methyl sites for hydroxylation is 1. The first kappa shape index (κ1) is 15.0. The van der Waals surface area contributed by atoms with E-state index in [1.54, 1.807) is 6.26 Å². The van der Waals surface area contributed by atoms with Gasteiger partial charge in [0.05, 0.1) is 11.3 Å². The number of hydrogen-bond acceptors (Lipinski definition) is 3. The van der Waals surface area contributed by atoms with Crippen LogP contribution >= 0.6 is 15.9 Å². The van der Waals surface area contributed by atoms with Crippen molar-refractivity contribution in [1.82, 2.24) is 10.3 Å². The molecule has 0 saturated carbocycles. The van der Waals surface area contributed by atoms with Crippen LogP contribution in [-0.4, -0.2) is 4.98 Å². The summed E-state index contributed by atoms with van der Waals surface area (Å²) in [4.78, 5) is 4.54. The van der Waals surface area contributed by atoms with Crippen LogP contribution in [0.3, 0.4) is 0 Å². The molecule has 0 spiro atoms. The van der Waals surface area contributed by atoms with Crippen LogP contribution in [0.2, 0.25) is 0 Å². The Morgan fingerprint density at radius 2 is 1.82 bits per heavy atom. The average molecular weight is 357 g/mol. The molecule has 0 aliphatic carbocycles. The van der Waals surface area contributed by atoms with Gasteiger partial charge >= 0.3 is 0 Å². The Morgan fingerprint density at radius 1 is 1.05 bits per heavy atom. The van der Waals surface area contributed by atoms with Crippen molar-refractivity contribution in [3.8, 4) is 11.5 Å². The van der Waals surface area contributed by atoms with E-state index in [1.807, 2.05) is 24.3 Å². The van der Waals surface area contributed by atoms with Gasteiger partial charge in [0.15, 0.2) is 0 Å². The highest BCUT2D eigenvalue weighted by atomic mass is 79.9. The second-order valence-corrected chi connectivity index (χ2v) is 6.01. The summed E-state index contributed by atoms with van der Waals surface area (Å²) in [5.74, 6) is 0.639. The van der Waals surface area contributed by atoms with Gasteiger partial charge in [-0.3, -0.25) is 0 Å². The van der Waals surface area contributed by atoms with Crippen molar-refractivity contribution in [3.05, 3.63) is 76.1 Å². The molecule has 0 bridgehead atoms. The van der Waals surface area contributed by atoms with Gasteiger partial charge in [0, 0.05) is 17.6 Å². The van der Waals surface area contributed by atoms with Crippen molar-refractivity contribution >= 4 is 15.9 Å². The third kappa shape index (κ3) is 3.46. The van der Waals surface area contributed by atoms with Crippen LogP contribution in [0, 0.1) is 6.92 Å². The lowest BCUT2D eigenvalue weighted by molar-refractivity contribution is 0.569. The zero-order chi connectivity index (χ0) is 15.4. The zero-order valence-corrected chi connectivity index (χ0v) is 13.9. The van der Waals surface area contributed by atoms with Gasteiger partial charge in [-0.05, 0) is 46.1 Å². The van der Waals surface area contributed by atoms with Gasteiger partial charge in [-0.1, -0.05) is 36.4 Å². The minimum Gasteiger partial charge on any atom is -0.444 e. The number of benzene rings is 2. The first-order chi connectivity index (χ1) is 10.7. The van der Waals surface area contributed by atoms with Crippen LogP contribution in [0.25, 0.3) is 11.5 Å². The zero-order valence-electron chi connectivity index (χ0n) is 12.3. The topological polar surface area (TPSA) is 38.1 Å². The molecule has 0 radical (unpaired) electrons.